The lowest BCUT2D eigenvalue weighted by Gasteiger charge is -2.40. The van der Waals surface area contributed by atoms with Crippen LogP contribution in [0.1, 0.15) is 13.8 Å². The fourth-order valence-electron chi connectivity index (χ4n) is 1.20. The summed E-state index contributed by atoms with van der Waals surface area (Å²) in [7, 11) is 0. The van der Waals surface area contributed by atoms with Gasteiger partial charge in [0.2, 0.25) is 0 Å². The molecule has 0 bridgehead atoms. The van der Waals surface area contributed by atoms with Crippen LogP contribution in [0.5, 0.6) is 0 Å². The maximum atomic E-state index is 12.2. The summed E-state index contributed by atoms with van der Waals surface area (Å²) < 4.78 is 73.3. The molecule has 0 fully saturated rings. The van der Waals surface area contributed by atoms with Crippen molar-refractivity contribution < 1.29 is 31.4 Å². The normalized spacial score (nSPS) is 14.8. The van der Waals surface area contributed by atoms with Crippen molar-refractivity contribution in [2.45, 2.75) is 31.9 Å². The predicted molar refractivity (Wildman–Crippen MR) is 40.0 cm³/mol. The quantitative estimate of drug-likeness (QED) is 0.602. The Bertz CT molecular complexity index is 193. The zero-order chi connectivity index (χ0) is 12.5. The van der Waals surface area contributed by atoms with E-state index < -0.39 is 31.2 Å². The number of alkyl halides is 6. The Morgan fingerprint density at radius 1 is 0.867 bits per heavy atom. The van der Waals surface area contributed by atoms with E-state index in [-0.39, 0.29) is 4.90 Å². The summed E-state index contributed by atoms with van der Waals surface area (Å²) in [5.74, 6) is 0. The van der Waals surface area contributed by atoms with Crippen LogP contribution in [0, 0.1) is 0 Å². The summed E-state index contributed by atoms with van der Waals surface area (Å²) in [6, 6.07) is 0. The van der Waals surface area contributed by atoms with Crippen molar-refractivity contribution in [3.8, 4) is 0 Å². The molecule has 0 aromatic rings. The second-order valence-corrected chi connectivity index (χ2v) is 2.84. The van der Waals surface area contributed by atoms with Crippen LogP contribution in [0.15, 0.2) is 0 Å². The number of aliphatic hydroxyl groups is 1. The van der Waals surface area contributed by atoms with Crippen molar-refractivity contribution in [3.05, 3.63) is 0 Å². The highest BCUT2D eigenvalue weighted by atomic mass is 19.4. The van der Waals surface area contributed by atoms with Crippen molar-refractivity contribution in [2.75, 3.05) is 13.1 Å². The van der Waals surface area contributed by atoms with Gasteiger partial charge in [-0.15, -0.1) is 0 Å². The first-order chi connectivity index (χ1) is 6.52. The fraction of sp³-hybridized carbons (Fsp3) is 1.00. The Morgan fingerprint density at radius 3 is 1.20 bits per heavy atom. The van der Waals surface area contributed by atoms with Crippen molar-refractivity contribution in [2.24, 2.45) is 0 Å². The van der Waals surface area contributed by atoms with Crippen LogP contribution in [-0.2, 0) is 0 Å². The maximum Gasteiger partial charge on any atom is 0.440 e. The van der Waals surface area contributed by atoms with E-state index in [0.717, 1.165) is 13.8 Å². The summed E-state index contributed by atoms with van der Waals surface area (Å²) >= 11 is 0. The zero-order valence-electron chi connectivity index (χ0n) is 8.08. The second kappa shape index (κ2) is 4.17. The molecule has 0 aliphatic rings. The molecule has 8 heteroatoms. The highest BCUT2D eigenvalue weighted by molar-refractivity contribution is 4.93. The van der Waals surface area contributed by atoms with E-state index in [9.17, 15) is 26.3 Å². The Hall–Kier alpha value is -0.500. The van der Waals surface area contributed by atoms with Crippen LogP contribution in [0.3, 0.4) is 0 Å². The second-order valence-electron chi connectivity index (χ2n) is 2.84. The molecule has 1 N–H and O–H groups in total. The third-order valence-electron chi connectivity index (χ3n) is 2.01. The number of rotatable bonds is 3. The molecular formula is C7H11F6NO. The maximum absolute atomic E-state index is 12.2. The van der Waals surface area contributed by atoms with E-state index in [1.807, 2.05) is 0 Å². The molecule has 0 heterocycles. The summed E-state index contributed by atoms with van der Waals surface area (Å²) in [6.07, 6.45) is -11.6. The van der Waals surface area contributed by atoms with Gasteiger partial charge in [0, 0.05) is 0 Å². The van der Waals surface area contributed by atoms with E-state index in [2.05, 4.69) is 0 Å². The minimum Gasteiger partial charge on any atom is -0.361 e. The molecule has 2 nitrogen and oxygen atoms in total. The molecule has 92 valence electrons. The van der Waals surface area contributed by atoms with Gasteiger partial charge in [0.05, 0.1) is 0 Å². The Balaban J connectivity index is 5.40. The van der Waals surface area contributed by atoms with Crippen LogP contribution >= 0.6 is 0 Å². The standard InChI is InChI=1S/C7H11F6NO/c1-3-14(4-2)5(15,6(8,9)10)7(11,12)13/h15H,3-4H2,1-2H3. The molecule has 0 unspecified atom stereocenters. The monoisotopic (exact) mass is 239 g/mol. The van der Waals surface area contributed by atoms with Crippen molar-refractivity contribution >= 4 is 0 Å². The average Bonchev–Trinajstić information content (AvgIpc) is 2.02. The van der Waals surface area contributed by atoms with Gasteiger partial charge in [-0.05, 0) is 13.1 Å². The topological polar surface area (TPSA) is 23.5 Å². The van der Waals surface area contributed by atoms with Gasteiger partial charge < -0.3 is 5.11 Å². The smallest absolute Gasteiger partial charge is 0.361 e. The number of nitrogens with zero attached hydrogens (tertiary/aromatic N) is 1. The molecule has 0 radical (unpaired) electrons. The molecule has 0 aliphatic heterocycles. The minimum absolute atomic E-state index is 0.0903. The molecule has 0 saturated carbocycles. The molecule has 0 amide bonds. The van der Waals surface area contributed by atoms with Gasteiger partial charge in [0.1, 0.15) is 0 Å². The first-order valence-electron chi connectivity index (χ1n) is 4.13. The van der Waals surface area contributed by atoms with Crippen molar-refractivity contribution in [1.29, 1.82) is 0 Å². The number of halogens is 6. The number of hydrogen-bond donors (Lipinski definition) is 1. The highest BCUT2D eigenvalue weighted by Crippen LogP contribution is 2.44. The molecule has 15 heavy (non-hydrogen) atoms. The molecule has 0 spiro atoms. The molecule has 0 rings (SSSR count). The lowest BCUT2D eigenvalue weighted by Crippen LogP contribution is -2.67. The lowest BCUT2D eigenvalue weighted by molar-refractivity contribution is -0.415. The first kappa shape index (κ1) is 14.5. The van der Waals surface area contributed by atoms with Gasteiger partial charge in [-0.3, -0.25) is 4.90 Å². The zero-order valence-corrected chi connectivity index (χ0v) is 8.08. The summed E-state index contributed by atoms with van der Waals surface area (Å²) in [4.78, 5) is -0.0903. The minimum atomic E-state index is -5.78. The summed E-state index contributed by atoms with van der Waals surface area (Å²) in [5, 5.41) is 8.82. The van der Waals surface area contributed by atoms with Crippen molar-refractivity contribution in [3.63, 3.8) is 0 Å². The average molecular weight is 239 g/mol. The van der Waals surface area contributed by atoms with E-state index in [4.69, 9.17) is 5.11 Å². The van der Waals surface area contributed by atoms with Crippen LogP contribution in [0.2, 0.25) is 0 Å². The number of hydrogen-bond acceptors (Lipinski definition) is 2. The molecule has 0 saturated heterocycles. The SMILES string of the molecule is CCN(CC)C(O)(C(F)(F)F)C(F)(F)F. The first-order valence-corrected chi connectivity index (χ1v) is 4.13. The Morgan fingerprint density at radius 2 is 1.13 bits per heavy atom. The molecule has 0 aromatic carbocycles. The molecule has 0 aliphatic carbocycles. The van der Waals surface area contributed by atoms with Gasteiger partial charge >= 0.3 is 18.1 Å². The summed E-state index contributed by atoms with van der Waals surface area (Å²) in [5.41, 5.74) is -4.77. The van der Waals surface area contributed by atoms with Gasteiger partial charge in [0.25, 0.3) is 0 Å². The van der Waals surface area contributed by atoms with Crippen LogP contribution in [0.4, 0.5) is 26.3 Å². The molecule has 0 atom stereocenters. The summed E-state index contributed by atoms with van der Waals surface area (Å²) in [6.45, 7) is 1.08. The molecular weight excluding hydrogens is 228 g/mol. The fourth-order valence-corrected chi connectivity index (χ4v) is 1.20. The van der Waals surface area contributed by atoms with E-state index in [1.54, 1.807) is 0 Å². The Kier molecular flexibility index (Phi) is 4.03. The van der Waals surface area contributed by atoms with Crippen LogP contribution < -0.4 is 0 Å². The predicted octanol–water partition coefficient (Wildman–Crippen LogP) is 2.14. The van der Waals surface area contributed by atoms with E-state index >= 15 is 0 Å². The van der Waals surface area contributed by atoms with Gasteiger partial charge in [-0.1, -0.05) is 13.8 Å². The van der Waals surface area contributed by atoms with E-state index in [0.29, 0.717) is 0 Å². The van der Waals surface area contributed by atoms with E-state index in [1.165, 1.54) is 0 Å². The third kappa shape index (κ3) is 2.36. The largest absolute Gasteiger partial charge is 0.440 e. The van der Waals surface area contributed by atoms with Gasteiger partial charge in [-0.25, -0.2) is 0 Å². The van der Waals surface area contributed by atoms with Crippen LogP contribution in [0.25, 0.3) is 0 Å². The lowest BCUT2D eigenvalue weighted by atomic mass is 10.1. The van der Waals surface area contributed by atoms with Crippen molar-refractivity contribution in [1.82, 2.24) is 4.90 Å². The highest BCUT2D eigenvalue weighted by Gasteiger charge is 2.73. The molecule has 0 aromatic heterocycles. The van der Waals surface area contributed by atoms with Crippen LogP contribution in [-0.4, -0.2) is 41.2 Å². The third-order valence-corrected chi connectivity index (χ3v) is 2.01. The van der Waals surface area contributed by atoms with Gasteiger partial charge in [0.15, 0.2) is 0 Å². The van der Waals surface area contributed by atoms with Gasteiger partial charge in [-0.2, -0.15) is 26.3 Å². The Labute approximate surface area is 82.5 Å².